The first-order valence-corrected chi connectivity index (χ1v) is 11.0. The minimum atomic E-state index is -0.807. The number of ether oxygens (including phenoxy) is 1. The molecule has 0 unspecified atom stereocenters. The number of hydrogen-bond acceptors (Lipinski definition) is 7. The second-order valence-corrected chi connectivity index (χ2v) is 8.54. The van der Waals surface area contributed by atoms with Gasteiger partial charge in [0.05, 0.1) is 29.5 Å². The lowest BCUT2D eigenvalue weighted by Gasteiger charge is -2.32. The second kappa shape index (κ2) is 8.26. The molecule has 2 aromatic heterocycles. The van der Waals surface area contributed by atoms with Gasteiger partial charge in [-0.25, -0.2) is 14.8 Å². The molecule has 0 amide bonds. The number of fused-ring (bicyclic) bond motifs is 1. The molecule has 0 radical (unpaired) electrons. The van der Waals surface area contributed by atoms with E-state index >= 15 is 0 Å². The Kier molecular flexibility index (Phi) is 5.28. The first-order valence-electron chi connectivity index (χ1n) is 11.0. The summed E-state index contributed by atoms with van der Waals surface area (Å²) in [4.78, 5) is 35.8. The van der Waals surface area contributed by atoms with Crippen LogP contribution in [0.4, 0.5) is 5.82 Å². The van der Waals surface area contributed by atoms with Gasteiger partial charge in [-0.1, -0.05) is 6.42 Å². The van der Waals surface area contributed by atoms with Crippen molar-refractivity contribution in [1.82, 2.24) is 9.97 Å². The number of rotatable bonds is 5. The van der Waals surface area contributed by atoms with Crippen molar-refractivity contribution in [3.8, 4) is 17.2 Å². The maximum absolute atomic E-state index is 13.1. The van der Waals surface area contributed by atoms with E-state index in [9.17, 15) is 14.7 Å². The third kappa shape index (κ3) is 3.59. The van der Waals surface area contributed by atoms with Crippen molar-refractivity contribution in [2.45, 2.75) is 38.0 Å². The quantitative estimate of drug-likeness (QED) is 0.645. The fourth-order valence-corrected chi connectivity index (χ4v) is 4.66. The Morgan fingerprint density at radius 1 is 1.25 bits per heavy atom. The lowest BCUT2D eigenvalue weighted by atomic mass is 9.79. The van der Waals surface area contributed by atoms with E-state index in [1.165, 1.54) is 0 Å². The number of nitrogens with zero attached hydrogens (tertiary/aromatic N) is 3. The van der Waals surface area contributed by atoms with Crippen LogP contribution in [0.5, 0.6) is 5.75 Å². The normalized spacial score (nSPS) is 19.0. The van der Waals surface area contributed by atoms with Crippen molar-refractivity contribution in [2.24, 2.45) is 5.92 Å². The average molecular weight is 435 g/mol. The molecule has 166 valence electrons. The van der Waals surface area contributed by atoms with Crippen molar-refractivity contribution in [3.05, 3.63) is 46.4 Å². The van der Waals surface area contributed by atoms with Gasteiger partial charge < -0.3 is 19.2 Å². The van der Waals surface area contributed by atoms with Crippen LogP contribution in [-0.2, 0) is 4.79 Å². The number of methoxy groups -OCH3 is 1. The van der Waals surface area contributed by atoms with Crippen molar-refractivity contribution in [3.63, 3.8) is 0 Å². The Labute approximate surface area is 184 Å². The summed E-state index contributed by atoms with van der Waals surface area (Å²) >= 11 is 0. The molecule has 1 aliphatic heterocycles. The van der Waals surface area contributed by atoms with Crippen molar-refractivity contribution in [1.29, 1.82) is 0 Å². The van der Waals surface area contributed by atoms with Crippen LogP contribution in [0, 0.1) is 5.92 Å². The number of hydrogen-bond donors (Lipinski definition) is 1. The fourth-order valence-electron chi connectivity index (χ4n) is 4.66. The van der Waals surface area contributed by atoms with Crippen molar-refractivity contribution in [2.75, 3.05) is 25.1 Å². The van der Waals surface area contributed by atoms with E-state index in [0.717, 1.165) is 31.2 Å². The molecule has 2 fully saturated rings. The van der Waals surface area contributed by atoms with Crippen LogP contribution < -0.4 is 15.3 Å². The topological polar surface area (TPSA) is 106 Å². The standard InChI is InChI=1S/C24H25N3O5/c1-31-16-11-18(14-5-2-6-14)20-19(12-16)26-22(32-24(20)30)17-8-3-9-25-21(17)27-10-4-7-15(13-27)23(28)29/h3,8-9,11-12,14-15H,2,4-7,10,13H2,1H3,(H,28,29)/t15-/m0/s1. The zero-order valence-electron chi connectivity index (χ0n) is 17.9. The summed E-state index contributed by atoms with van der Waals surface area (Å²) in [6, 6.07) is 7.24. The predicted octanol–water partition coefficient (Wildman–Crippen LogP) is 3.83. The van der Waals surface area contributed by atoms with Crippen LogP contribution in [0.1, 0.15) is 43.6 Å². The molecule has 0 spiro atoms. The minimum absolute atomic E-state index is 0.177. The molecule has 1 saturated heterocycles. The molecular formula is C24H25N3O5. The molecule has 3 aromatic rings. The Hall–Kier alpha value is -3.42. The maximum atomic E-state index is 13.1. The van der Waals surface area contributed by atoms with Gasteiger partial charge in [0.2, 0.25) is 5.89 Å². The first-order chi connectivity index (χ1) is 15.5. The van der Waals surface area contributed by atoms with Crippen LogP contribution in [0.2, 0.25) is 0 Å². The molecule has 8 heteroatoms. The molecule has 32 heavy (non-hydrogen) atoms. The zero-order chi connectivity index (χ0) is 22.2. The van der Waals surface area contributed by atoms with E-state index in [4.69, 9.17) is 14.1 Å². The molecule has 1 aliphatic carbocycles. The number of pyridine rings is 1. The smallest absolute Gasteiger partial charge is 0.347 e. The van der Waals surface area contributed by atoms with Gasteiger partial charge in [0.15, 0.2) is 0 Å². The summed E-state index contributed by atoms with van der Waals surface area (Å²) in [5, 5.41) is 9.97. The summed E-state index contributed by atoms with van der Waals surface area (Å²) in [6.45, 7) is 1.04. The molecular weight excluding hydrogens is 410 g/mol. The summed E-state index contributed by atoms with van der Waals surface area (Å²) in [6.07, 6.45) is 6.27. The molecule has 1 saturated carbocycles. The number of carboxylic acid groups (broad SMARTS) is 1. The molecule has 2 aliphatic rings. The van der Waals surface area contributed by atoms with Crippen LogP contribution in [0.3, 0.4) is 0 Å². The number of anilines is 1. The highest BCUT2D eigenvalue weighted by Gasteiger charge is 2.29. The lowest BCUT2D eigenvalue weighted by molar-refractivity contribution is -0.141. The average Bonchev–Trinajstić information content (AvgIpc) is 2.77. The van der Waals surface area contributed by atoms with E-state index in [-0.39, 0.29) is 5.89 Å². The number of aromatic nitrogens is 2. The van der Waals surface area contributed by atoms with Crippen LogP contribution in [-0.4, -0.2) is 41.2 Å². The van der Waals surface area contributed by atoms with Gasteiger partial charge in [-0.05, 0) is 55.4 Å². The van der Waals surface area contributed by atoms with Crippen molar-refractivity contribution >= 4 is 22.7 Å². The second-order valence-electron chi connectivity index (χ2n) is 8.54. The molecule has 3 heterocycles. The van der Waals surface area contributed by atoms with E-state index in [0.29, 0.717) is 53.5 Å². The molecule has 1 N–H and O–H groups in total. The highest BCUT2D eigenvalue weighted by atomic mass is 16.5. The monoisotopic (exact) mass is 435 g/mol. The minimum Gasteiger partial charge on any atom is -0.497 e. The molecule has 5 rings (SSSR count). The summed E-state index contributed by atoms with van der Waals surface area (Å²) in [5.41, 5.74) is 1.62. The van der Waals surface area contributed by atoms with Gasteiger partial charge in [-0.3, -0.25) is 4.79 Å². The van der Waals surface area contributed by atoms with Gasteiger partial charge in [0.25, 0.3) is 0 Å². The molecule has 8 nitrogen and oxygen atoms in total. The Morgan fingerprint density at radius 3 is 2.81 bits per heavy atom. The summed E-state index contributed by atoms with van der Waals surface area (Å²) < 4.78 is 11.2. The third-order valence-corrected chi connectivity index (χ3v) is 6.61. The van der Waals surface area contributed by atoms with Crippen molar-refractivity contribution < 1.29 is 19.1 Å². The van der Waals surface area contributed by atoms with Gasteiger partial charge >= 0.3 is 11.6 Å². The number of carbonyl (C=O) groups is 1. The van der Waals surface area contributed by atoms with E-state index < -0.39 is 17.5 Å². The zero-order valence-corrected chi connectivity index (χ0v) is 17.9. The largest absolute Gasteiger partial charge is 0.497 e. The number of aliphatic carboxylic acids is 1. The number of piperidine rings is 1. The fraction of sp³-hybridized carbons (Fsp3) is 0.417. The Balaban J connectivity index is 1.62. The number of carboxylic acids is 1. The number of benzene rings is 1. The maximum Gasteiger partial charge on any atom is 0.347 e. The SMILES string of the molecule is COc1cc(C2CCC2)c2c(=O)oc(-c3cccnc3N3CCC[C@H](C(=O)O)C3)nc2c1. The lowest BCUT2D eigenvalue weighted by Crippen LogP contribution is -2.39. The summed E-state index contributed by atoms with van der Waals surface area (Å²) in [7, 11) is 1.60. The molecule has 0 bridgehead atoms. The van der Waals surface area contributed by atoms with Gasteiger partial charge in [0.1, 0.15) is 11.6 Å². The third-order valence-electron chi connectivity index (χ3n) is 6.61. The predicted molar refractivity (Wildman–Crippen MR) is 119 cm³/mol. The van der Waals surface area contributed by atoms with Crippen LogP contribution >= 0.6 is 0 Å². The van der Waals surface area contributed by atoms with Gasteiger partial charge in [0, 0.05) is 25.4 Å². The first kappa shape index (κ1) is 20.5. The van der Waals surface area contributed by atoms with E-state index in [1.807, 2.05) is 11.0 Å². The summed E-state index contributed by atoms with van der Waals surface area (Å²) in [5.74, 6) is 0.475. The van der Waals surface area contributed by atoms with Crippen LogP contribution in [0.25, 0.3) is 22.4 Å². The Bertz CT molecular complexity index is 1230. The van der Waals surface area contributed by atoms with Crippen LogP contribution in [0.15, 0.2) is 39.7 Å². The molecule has 1 aromatic carbocycles. The highest BCUT2D eigenvalue weighted by molar-refractivity contribution is 5.85. The van der Waals surface area contributed by atoms with E-state index in [2.05, 4.69) is 4.98 Å². The Morgan fingerprint density at radius 2 is 2.09 bits per heavy atom. The highest BCUT2D eigenvalue weighted by Crippen LogP contribution is 2.41. The van der Waals surface area contributed by atoms with E-state index in [1.54, 1.807) is 31.5 Å². The van der Waals surface area contributed by atoms with Gasteiger partial charge in [-0.15, -0.1) is 0 Å². The van der Waals surface area contributed by atoms with Gasteiger partial charge in [-0.2, -0.15) is 0 Å². The molecule has 1 atom stereocenters.